The van der Waals surface area contributed by atoms with E-state index in [0.717, 1.165) is 17.9 Å². The van der Waals surface area contributed by atoms with Crippen molar-refractivity contribution in [2.75, 3.05) is 23.7 Å². The van der Waals surface area contributed by atoms with Crippen molar-refractivity contribution in [1.82, 2.24) is 0 Å². The smallest absolute Gasteiger partial charge is 0.338 e. The number of benzene rings is 2. The maximum Gasteiger partial charge on any atom is 0.338 e. The summed E-state index contributed by atoms with van der Waals surface area (Å²) in [7, 11) is -3.39. The van der Waals surface area contributed by atoms with Crippen molar-refractivity contribution < 1.29 is 27.1 Å². The van der Waals surface area contributed by atoms with Gasteiger partial charge in [0.1, 0.15) is 5.82 Å². The van der Waals surface area contributed by atoms with Crippen LogP contribution in [0.5, 0.6) is 0 Å². The van der Waals surface area contributed by atoms with Crippen LogP contribution in [0.3, 0.4) is 0 Å². The van der Waals surface area contributed by atoms with Crippen molar-refractivity contribution >= 4 is 27.5 Å². The molecule has 0 spiro atoms. The molecule has 0 N–H and O–H groups in total. The van der Waals surface area contributed by atoms with E-state index < -0.39 is 34.2 Å². The molecule has 0 radical (unpaired) electrons. The Morgan fingerprint density at radius 1 is 1.19 bits per heavy atom. The van der Waals surface area contributed by atoms with E-state index in [1.54, 1.807) is 12.1 Å². The normalized spacial score (nSPS) is 13.8. The number of anilines is 1. The first-order chi connectivity index (χ1) is 12.8. The molecule has 0 aliphatic carbocycles. The van der Waals surface area contributed by atoms with Crippen molar-refractivity contribution in [3.05, 3.63) is 65.0 Å². The van der Waals surface area contributed by atoms with Gasteiger partial charge in [-0.15, -0.1) is 0 Å². The highest BCUT2D eigenvalue weighted by Gasteiger charge is 2.25. The number of Topliss-reactive ketones (excluding diaryl/α,β-unsaturated/α-hetero) is 1. The Kier molecular flexibility index (Phi) is 5.27. The fourth-order valence-electron chi connectivity index (χ4n) is 3.01. The zero-order chi connectivity index (χ0) is 19.6. The summed E-state index contributed by atoms with van der Waals surface area (Å²) in [5, 5.41) is 0. The zero-order valence-electron chi connectivity index (χ0n) is 14.6. The van der Waals surface area contributed by atoms with E-state index in [9.17, 15) is 22.4 Å². The third-order valence-electron chi connectivity index (χ3n) is 4.30. The molecule has 142 valence electrons. The van der Waals surface area contributed by atoms with Gasteiger partial charge in [-0.2, -0.15) is 0 Å². The third-order valence-corrected chi connectivity index (χ3v) is 5.48. The molecule has 0 saturated carbocycles. The van der Waals surface area contributed by atoms with E-state index in [1.165, 1.54) is 28.6 Å². The highest BCUT2D eigenvalue weighted by atomic mass is 32.2. The van der Waals surface area contributed by atoms with E-state index in [-0.39, 0.29) is 11.1 Å². The van der Waals surface area contributed by atoms with Crippen LogP contribution in [0.4, 0.5) is 10.1 Å². The van der Waals surface area contributed by atoms with Crippen LogP contribution in [0.25, 0.3) is 0 Å². The minimum atomic E-state index is -3.39. The Balaban J connectivity index is 1.73. The van der Waals surface area contributed by atoms with Gasteiger partial charge in [-0.3, -0.25) is 9.10 Å². The quantitative estimate of drug-likeness (QED) is 0.578. The number of hydrogen-bond acceptors (Lipinski definition) is 5. The molecule has 2 aromatic carbocycles. The van der Waals surface area contributed by atoms with Gasteiger partial charge in [-0.1, -0.05) is 12.1 Å². The van der Waals surface area contributed by atoms with Crippen LogP contribution in [0.1, 0.15) is 32.7 Å². The monoisotopic (exact) mass is 391 g/mol. The molecule has 0 amide bonds. The van der Waals surface area contributed by atoms with Gasteiger partial charge >= 0.3 is 5.97 Å². The number of esters is 1. The van der Waals surface area contributed by atoms with Crippen LogP contribution in [-0.2, 0) is 21.2 Å². The number of hydrogen-bond donors (Lipinski definition) is 0. The number of carbonyl (C=O) groups excluding carboxylic acids is 2. The second-order valence-electron chi connectivity index (χ2n) is 6.26. The molecule has 0 aromatic heterocycles. The molecule has 2 aromatic rings. The lowest BCUT2D eigenvalue weighted by molar-refractivity contribution is 0.0473. The van der Waals surface area contributed by atoms with Gasteiger partial charge in [-0.05, 0) is 48.7 Å². The predicted octanol–water partition coefficient (Wildman–Crippen LogP) is 2.58. The summed E-state index contributed by atoms with van der Waals surface area (Å²) < 4.78 is 43.6. The maximum absolute atomic E-state index is 13.6. The van der Waals surface area contributed by atoms with Gasteiger partial charge in [0.2, 0.25) is 15.8 Å². The molecule has 1 aliphatic heterocycles. The number of carbonyl (C=O) groups is 2. The first kappa shape index (κ1) is 19.0. The van der Waals surface area contributed by atoms with Gasteiger partial charge in [0.25, 0.3) is 0 Å². The van der Waals surface area contributed by atoms with Crippen LogP contribution in [-0.4, -0.2) is 39.6 Å². The fourth-order valence-corrected chi connectivity index (χ4v) is 4.01. The average Bonchev–Trinajstić information content (AvgIpc) is 2.64. The second-order valence-corrected chi connectivity index (χ2v) is 8.17. The number of rotatable bonds is 5. The molecular formula is C19H18FNO5S. The van der Waals surface area contributed by atoms with Crippen molar-refractivity contribution in [2.24, 2.45) is 0 Å². The number of nitrogens with zero attached hydrogens (tertiary/aromatic N) is 1. The molecule has 1 heterocycles. The minimum Gasteiger partial charge on any atom is -0.454 e. The van der Waals surface area contributed by atoms with Crippen LogP contribution >= 0.6 is 0 Å². The molecule has 0 unspecified atom stereocenters. The van der Waals surface area contributed by atoms with Crippen molar-refractivity contribution in [1.29, 1.82) is 0 Å². The molecule has 0 bridgehead atoms. The van der Waals surface area contributed by atoms with Crippen LogP contribution < -0.4 is 4.31 Å². The lowest BCUT2D eigenvalue weighted by Gasteiger charge is -2.29. The lowest BCUT2D eigenvalue weighted by Crippen LogP contribution is -2.34. The van der Waals surface area contributed by atoms with Gasteiger partial charge in [-0.25, -0.2) is 17.6 Å². The largest absolute Gasteiger partial charge is 0.454 e. The highest BCUT2D eigenvalue weighted by Crippen LogP contribution is 2.30. The summed E-state index contributed by atoms with van der Waals surface area (Å²) in [4.78, 5) is 24.2. The first-order valence-corrected chi connectivity index (χ1v) is 10.2. The molecule has 8 heteroatoms. The summed E-state index contributed by atoms with van der Waals surface area (Å²) in [6.07, 6.45) is 2.42. The zero-order valence-corrected chi connectivity index (χ0v) is 15.5. The average molecular weight is 391 g/mol. The van der Waals surface area contributed by atoms with Gasteiger partial charge in [0, 0.05) is 6.54 Å². The molecule has 0 saturated heterocycles. The molecule has 0 fully saturated rings. The molecule has 6 nitrogen and oxygen atoms in total. The molecule has 0 atom stereocenters. The van der Waals surface area contributed by atoms with E-state index in [2.05, 4.69) is 0 Å². The number of aryl methyl sites for hydroxylation is 1. The van der Waals surface area contributed by atoms with Gasteiger partial charge in [0.15, 0.2) is 6.61 Å². The Hall–Kier alpha value is -2.74. The van der Waals surface area contributed by atoms with E-state index in [1.807, 2.05) is 0 Å². The second kappa shape index (κ2) is 7.48. The first-order valence-electron chi connectivity index (χ1n) is 8.33. The topological polar surface area (TPSA) is 80.8 Å². The fraction of sp³-hybridized carbons (Fsp3) is 0.263. The van der Waals surface area contributed by atoms with Crippen molar-refractivity contribution in [3.63, 3.8) is 0 Å². The van der Waals surface area contributed by atoms with E-state index in [4.69, 9.17) is 4.74 Å². The Morgan fingerprint density at radius 3 is 2.63 bits per heavy atom. The molecular weight excluding hydrogens is 373 g/mol. The van der Waals surface area contributed by atoms with Crippen LogP contribution in [0.2, 0.25) is 0 Å². The van der Waals surface area contributed by atoms with E-state index >= 15 is 0 Å². The van der Waals surface area contributed by atoms with Crippen molar-refractivity contribution in [3.8, 4) is 0 Å². The Morgan fingerprint density at radius 2 is 1.93 bits per heavy atom. The number of sulfonamides is 1. The number of fused-ring (bicyclic) bond motifs is 1. The van der Waals surface area contributed by atoms with Crippen LogP contribution in [0.15, 0.2) is 42.5 Å². The summed E-state index contributed by atoms with van der Waals surface area (Å²) in [5.41, 5.74) is 1.34. The minimum absolute atomic E-state index is 0.139. The standard InChI is InChI=1S/C19H18FNO5S/c1-27(24,25)21-10-4-5-13-11-14(8-9-17(13)21)19(23)26-12-18(22)15-6-2-3-7-16(15)20/h2-3,6-9,11H,4-5,10,12H2,1H3. The Bertz CT molecular complexity index is 1000. The Labute approximate surface area is 156 Å². The summed E-state index contributed by atoms with van der Waals surface area (Å²) in [6.45, 7) is -0.181. The highest BCUT2D eigenvalue weighted by molar-refractivity contribution is 7.92. The summed E-state index contributed by atoms with van der Waals surface area (Å²) in [6, 6.07) is 10.1. The lowest BCUT2D eigenvalue weighted by atomic mass is 10.0. The van der Waals surface area contributed by atoms with Crippen LogP contribution in [0, 0.1) is 5.82 Å². The maximum atomic E-state index is 13.6. The van der Waals surface area contributed by atoms with E-state index in [0.29, 0.717) is 25.1 Å². The summed E-state index contributed by atoms with van der Waals surface area (Å²) in [5.74, 6) is -2.03. The number of ether oxygens (including phenoxy) is 1. The number of halogens is 1. The molecule has 27 heavy (non-hydrogen) atoms. The summed E-state index contributed by atoms with van der Waals surface area (Å²) >= 11 is 0. The molecule has 1 aliphatic rings. The predicted molar refractivity (Wildman–Crippen MR) is 98.0 cm³/mol. The molecule has 3 rings (SSSR count). The number of ketones is 1. The van der Waals surface area contributed by atoms with Gasteiger partial charge in [0.05, 0.1) is 23.1 Å². The van der Waals surface area contributed by atoms with Crippen molar-refractivity contribution in [2.45, 2.75) is 12.8 Å². The SMILES string of the molecule is CS(=O)(=O)N1CCCc2cc(C(=O)OCC(=O)c3ccccc3F)ccc21. The van der Waals surface area contributed by atoms with Gasteiger partial charge < -0.3 is 4.74 Å². The third kappa shape index (κ3) is 4.16.